The highest BCUT2D eigenvalue weighted by Crippen LogP contribution is 2.02. The van der Waals surface area contributed by atoms with E-state index in [-0.39, 0.29) is 0 Å². The first kappa shape index (κ1) is 15.4. The van der Waals surface area contributed by atoms with Crippen molar-refractivity contribution in [3.05, 3.63) is 25.3 Å². The molecule has 0 radical (unpaired) electrons. The molecule has 2 heteroatoms. The van der Waals surface area contributed by atoms with E-state index in [2.05, 4.69) is 50.7 Å². The molecule has 0 saturated carbocycles. The van der Waals surface area contributed by atoms with Gasteiger partial charge >= 0.3 is 0 Å². The van der Waals surface area contributed by atoms with Gasteiger partial charge in [0, 0.05) is 38.3 Å². The number of hydrogen-bond acceptors (Lipinski definition) is 2. The van der Waals surface area contributed by atoms with Crippen LogP contribution in [0.15, 0.2) is 25.3 Å². The molecule has 0 atom stereocenters. The molecule has 16 heavy (non-hydrogen) atoms. The molecule has 0 saturated heterocycles. The maximum atomic E-state index is 3.81. The summed E-state index contributed by atoms with van der Waals surface area (Å²) in [6, 6.07) is 1.16. The molecule has 0 bridgehead atoms. The summed E-state index contributed by atoms with van der Waals surface area (Å²) in [7, 11) is 0. The van der Waals surface area contributed by atoms with E-state index in [1.807, 2.05) is 12.2 Å². The summed E-state index contributed by atoms with van der Waals surface area (Å²) in [6.45, 7) is 20.7. The Hall–Kier alpha value is -0.600. The second kappa shape index (κ2) is 8.54. The SMILES string of the molecule is C=CCN(CCN(CC=C)C(C)C)C(C)C. The first-order valence-electron chi connectivity index (χ1n) is 6.22. The molecular formula is C14H28N2. The van der Waals surface area contributed by atoms with Crippen LogP contribution in [0.4, 0.5) is 0 Å². The fourth-order valence-corrected chi connectivity index (χ4v) is 1.71. The monoisotopic (exact) mass is 224 g/mol. The second-order valence-electron chi connectivity index (χ2n) is 4.75. The van der Waals surface area contributed by atoms with Crippen molar-refractivity contribution >= 4 is 0 Å². The third-order valence-electron chi connectivity index (χ3n) is 2.86. The largest absolute Gasteiger partial charge is 0.296 e. The lowest BCUT2D eigenvalue weighted by molar-refractivity contribution is 0.176. The van der Waals surface area contributed by atoms with Gasteiger partial charge in [0.25, 0.3) is 0 Å². The standard InChI is InChI=1S/C14H28N2/c1-7-9-15(13(3)4)11-12-16(10-8-2)14(5)6/h7-8,13-14H,1-2,9-12H2,3-6H3. The molecule has 0 aromatic heterocycles. The Morgan fingerprint density at radius 1 is 0.812 bits per heavy atom. The van der Waals surface area contributed by atoms with Crippen molar-refractivity contribution in [1.82, 2.24) is 9.80 Å². The first-order chi connectivity index (χ1) is 7.52. The summed E-state index contributed by atoms with van der Waals surface area (Å²) in [5, 5.41) is 0. The first-order valence-corrected chi connectivity index (χ1v) is 6.22. The van der Waals surface area contributed by atoms with Crippen LogP contribution in [0, 0.1) is 0 Å². The lowest BCUT2D eigenvalue weighted by Gasteiger charge is -2.30. The summed E-state index contributed by atoms with van der Waals surface area (Å²) in [5.41, 5.74) is 0. The van der Waals surface area contributed by atoms with Gasteiger partial charge in [-0.2, -0.15) is 0 Å². The van der Waals surface area contributed by atoms with Gasteiger partial charge in [-0.25, -0.2) is 0 Å². The molecule has 0 heterocycles. The van der Waals surface area contributed by atoms with Crippen molar-refractivity contribution < 1.29 is 0 Å². The van der Waals surface area contributed by atoms with E-state index in [9.17, 15) is 0 Å². The number of nitrogens with zero attached hydrogens (tertiary/aromatic N) is 2. The van der Waals surface area contributed by atoms with Crippen LogP contribution in [0.2, 0.25) is 0 Å². The van der Waals surface area contributed by atoms with Crippen molar-refractivity contribution in [2.45, 2.75) is 39.8 Å². The molecule has 0 rings (SSSR count). The quantitative estimate of drug-likeness (QED) is 0.556. The zero-order valence-corrected chi connectivity index (χ0v) is 11.4. The third-order valence-corrected chi connectivity index (χ3v) is 2.86. The van der Waals surface area contributed by atoms with Crippen LogP contribution in [-0.4, -0.2) is 48.1 Å². The highest BCUT2D eigenvalue weighted by atomic mass is 15.2. The minimum atomic E-state index is 0.579. The van der Waals surface area contributed by atoms with E-state index in [4.69, 9.17) is 0 Å². The van der Waals surface area contributed by atoms with Crippen LogP contribution in [0.3, 0.4) is 0 Å². The lowest BCUT2D eigenvalue weighted by atomic mass is 10.2. The zero-order chi connectivity index (χ0) is 12.6. The molecule has 0 fully saturated rings. The van der Waals surface area contributed by atoms with Gasteiger partial charge < -0.3 is 0 Å². The minimum Gasteiger partial charge on any atom is -0.296 e. The number of rotatable bonds is 9. The summed E-state index contributed by atoms with van der Waals surface area (Å²) >= 11 is 0. The predicted octanol–water partition coefficient (Wildman–Crippen LogP) is 2.78. The van der Waals surface area contributed by atoms with Crippen molar-refractivity contribution in [2.24, 2.45) is 0 Å². The fourth-order valence-electron chi connectivity index (χ4n) is 1.71. The third kappa shape index (κ3) is 6.09. The molecular weight excluding hydrogens is 196 g/mol. The van der Waals surface area contributed by atoms with Gasteiger partial charge in [0.15, 0.2) is 0 Å². The molecule has 0 aliphatic rings. The summed E-state index contributed by atoms with van der Waals surface area (Å²) in [6.07, 6.45) is 3.96. The molecule has 94 valence electrons. The molecule has 0 amide bonds. The molecule has 0 spiro atoms. The molecule has 2 nitrogen and oxygen atoms in total. The summed E-state index contributed by atoms with van der Waals surface area (Å²) in [4.78, 5) is 4.87. The molecule has 0 unspecified atom stereocenters. The Bertz CT molecular complexity index is 175. The highest BCUT2D eigenvalue weighted by molar-refractivity contribution is 4.79. The van der Waals surface area contributed by atoms with Gasteiger partial charge in [0.2, 0.25) is 0 Å². The summed E-state index contributed by atoms with van der Waals surface area (Å²) < 4.78 is 0. The topological polar surface area (TPSA) is 6.48 Å². The fraction of sp³-hybridized carbons (Fsp3) is 0.714. The Morgan fingerprint density at radius 3 is 1.31 bits per heavy atom. The minimum absolute atomic E-state index is 0.579. The maximum Gasteiger partial charge on any atom is 0.0163 e. The predicted molar refractivity (Wildman–Crippen MR) is 73.8 cm³/mol. The Morgan fingerprint density at radius 2 is 1.12 bits per heavy atom. The normalized spacial score (nSPS) is 11.8. The molecule has 0 N–H and O–H groups in total. The van der Waals surface area contributed by atoms with E-state index in [1.54, 1.807) is 0 Å². The van der Waals surface area contributed by atoms with E-state index >= 15 is 0 Å². The van der Waals surface area contributed by atoms with Crippen molar-refractivity contribution in [1.29, 1.82) is 0 Å². The van der Waals surface area contributed by atoms with Crippen LogP contribution in [0.5, 0.6) is 0 Å². The summed E-state index contributed by atoms with van der Waals surface area (Å²) in [5.74, 6) is 0. The van der Waals surface area contributed by atoms with Gasteiger partial charge in [-0.1, -0.05) is 12.2 Å². The average Bonchev–Trinajstić information content (AvgIpc) is 2.21. The highest BCUT2D eigenvalue weighted by Gasteiger charge is 2.11. The van der Waals surface area contributed by atoms with Gasteiger partial charge in [-0.3, -0.25) is 9.80 Å². The Labute approximate surface area is 102 Å². The molecule has 0 aliphatic carbocycles. The van der Waals surface area contributed by atoms with E-state index in [0.717, 1.165) is 26.2 Å². The Kier molecular flexibility index (Phi) is 8.22. The van der Waals surface area contributed by atoms with Crippen molar-refractivity contribution in [3.63, 3.8) is 0 Å². The molecule has 0 aliphatic heterocycles. The average molecular weight is 224 g/mol. The maximum absolute atomic E-state index is 3.81. The van der Waals surface area contributed by atoms with Crippen molar-refractivity contribution in [3.8, 4) is 0 Å². The van der Waals surface area contributed by atoms with Gasteiger partial charge in [-0.05, 0) is 27.7 Å². The number of hydrogen-bond donors (Lipinski definition) is 0. The van der Waals surface area contributed by atoms with Crippen LogP contribution in [-0.2, 0) is 0 Å². The van der Waals surface area contributed by atoms with Gasteiger partial charge in [0.1, 0.15) is 0 Å². The van der Waals surface area contributed by atoms with Crippen LogP contribution >= 0.6 is 0 Å². The second-order valence-corrected chi connectivity index (χ2v) is 4.75. The molecule has 0 aromatic rings. The van der Waals surface area contributed by atoms with Gasteiger partial charge in [0.05, 0.1) is 0 Å². The van der Waals surface area contributed by atoms with Crippen LogP contribution < -0.4 is 0 Å². The van der Waals surface area contributed by atoms with E-state index in [0.29, 0.717) is 12.1 Å². The van der Waals surface area contributed by atoms with Crippen LogP contribution in [0.25, 0.3) is 0 Å². The van der Waals surface area contributed by atoms with E-state index in [1.165, 1.54) is 0 Å². The molecule has 0 aromatic carbocycles. The van der Waals surface area contributed by atoms with E-state index < -0.39 is 0 Å². The van der Waals surface area contributed by atoms with Crippen LogP contribution in [0.1, 0.15) is 27.7 Å². The smallest absolute Gasteiger partial charge is 0.0163 e. The van der Waals surface area contributed by atoms with Crippen molar-refractivity contribution in [2.75, 3.05) is 26.2 Å². The lowest BCUT2D eigenvalue weighted by Crippen LogP contribution is -2.41. The zero-order valence-electron chi connectivity index (χ0n) is 11.4. The van der Waals surface area contributed by atoms with Gasteiger partial charge in [-0.15, -0.1) is 13.2 Å². The Balaban J connectivity index is 4.13.